The van der Waals surface area contributed by atoms with Crippen LogP contribution in [0.2, 0.25) is 0 Å². The number of halogens is 1. The maximum Gasteiger partial charge on any atom is 0.338 e. The predicted molar refractivity (Wildman–Crippen MR) is 133 cm³/mol. The van der Waals surface area contributed by atoms with Gasteiger partial charge in [-0.15, -0.1) is 0 Å². The van der Waals surface area contributed by atoms with E-state index in [0.717, 1.165) is 17.7 Å². The van der Waals surface area contributed by atoms with Crippen LogP contribution in [0.3, 0.4) is 0 Å². The lowest BCUT2D eigenvalue weighted by atomic mass is 9.93. The van der Waals surface area contributed by atoms with Crippen molar-refractivity contribution in [2.45, 2.75) is 64.6 Å². The van der Waals surface area contributed by atoms with E-state index < -0.39 is 18.0 Å². The van der Waals surface area contributed by atoms with Gasteiger partial charge < -0.3 is 15.2 Å². The van der Waals surface area contributed by atoms with Crippen molar-refractivity contribution in [3.8, 4) is 0 Å². The van der Waals surface area contributed by atoms with Crippen LogP contribution in [-0.2, 0) is 20.8 Å². The highest BCUT2D eigenvalue weighted by molar-refractivity contribution is 9.10. The molecule has 33 heavy (non-hydrogen) atoms. The fourth-order valence-corrected chi connectivity index (χ4v) is 4.89. The van der Waals surface area contributed by atoms with Crippen LogP contribution in [0.4, 0.5) is 5.69 Å². The van der Waals surface area contributed by atoms with Crippen molar-refractivity contribution in [2.24, 2.45) is 0 Å². The third-order valence-electron chi connectivity index (χ3n) is 6.17. The molecular formula is C26H33BrN2O4. The standard InChI is InChI=1S/C26H33BrN2O4/c1-3-29(22-12-8-5-9-13-22)16-21-14-20(15-23(27)25(21)28)26(31)32-17-24(33-18(2)30)19-10-6-4-7-11-19/h4,6-7,10-11,14-15,22,24H,3,5,8-9,12-13,16-17,28H2,1-2H3. The summed E-state index contributed by atoms with van der Waals surface area (Å²) < 4.78 is 11.6. The van der Waals surface area contributed by atoms with Crippen molar-refractivity contribution in [3.63, 3.8) is 0 Å². The summed E-state index contributed by atoms with van der Waals surface area (Å²) in [5, 5.41) is 0. The lowest BCUT2D eigenvalue weighted by Gasteiger charge is -2.34. The molecule has 1 atom stereocenters. The second kappa shape index (κ2) is 12.2. The number of hydrogen-bond acceptors (Lipinski definition) is 6. The molecule has 0 heterocycles. The van der Waals surface area contributed by atoms with Crippen LogP contribution >= 0.6 is 15.9 Å². The molecule has 178 valence electrons. The zero-order chi connectivity index (χ0) is 23.8. The number of carbonyl (C=O) groups excluding carboxylic acids is 2. The van der Waals surface area contributed by atoms with Crippen LogP contribution < -0.4 is 5.73 Å². The normalized spacial score (nSPS) is 15.3. The molecule has 0 aromatic heterocycles. The molecule has 1 aliphatic rings. The van der Waals surface area contributed by atoms with E-state index in [1.807, 2.05) is 36.4 Å². The van der Waals surface area contributed by atoms with Crippen molar-refractivity contribution < 1.29 is 19.1 Å². The molecule has 7 heteroatoms. The van der Waals surface area contributed by atoms with Crippen molar-refractivity contribution >= 4 is 33.6 Å². The molecule has 0 saturated heterocycles. The van der Waals surface area contributed by atoms with Gasteiger partial charge in [-0.05, 0) is 58.6 Å². The molecule has 0 spiro atoms. The second-order valence-electron chi connectivity index (χ2n) is 8.49. The van der Waals surface area contributed by atoms with Gasteiger partial charge in [0, 0.05) is 24.0 Å². The Morgan fingerprint density at radius 3 is 2.48 bits per heavy atom. The Hall–Kier alpha value is -2.38. The Balaban J connectivity index is 1.73. The van der Waals surface area contributed by atoms with Crippen molar-refractivity contribution in [1.29, 1.82) is 0 Å². The Labute approximate surface area is 204 Å². The predicted octanol–water partition coefficient (Wildman–Crippen LogP) is 5.65. The van der Waals surface area contributed by atoms with E-state index in [2.05, 4.69) is 27.8 Å². The van der Waals surface area contributed by atoms with Gasteiger partial charge in [0.15, 0.2) is 6.10 Å². The minimum Gasteiger partial charge on any atom is -0.458 e. The number of carbonyl (C=O) groups is 2. The Bertz CT molecular complexity index is 945. The highest BCUT2D eigenvalue weighted by Crippen LogP contribution is 2.30. The summed E-state index contributed by atoms with van der Waals surface area (Å²) in [5.41, 5.74) is 9.09. The lowest BCUT2D eigenvalue weighted by Crippen LogP contribution is -2.36. The van der Waals surface area contributed by atoms with Crippen molar-refractivity contribution in [3.05, 3.63) is 63.6 Å². The Morgan fingerprint density at radius 2 is 1.85 bits per heavy atom. The number of nitrogens with zero attached hydrogens (tertiary/aromatic N) is 1. The van der Waals surface area contributed by atoms with Gasteiger partial charge in [0.1, 0.15) is 6.61 Å². The fraction of sp³-hybridized carbons (Fsp3) is 0.462. The van der Waals surface area contributed by atoms with Crippen molar-refractivity contribution in [2.75, 3.05) is 18.9 Å². The van der Waals surface area contributed by atoms with Gasteiger partial charge in [0.05, 0.1) is 11.3 Å². The molecule has 2 aromatic carbocycles. The maximum absolute atomic E-state index is 12.9. The van der Waals surface area contributed by atoms with E-state index in [9.17, 15) is 9.59 Å². The number of nitrogens with two attached hydrogens (primary N) is 1. The molecule has 0 aliphatic heterocycles. The van der Waals surface area contributed by atoms with Gasteiger partial charge in [0.25, 0.3) is 0 Å². The zero-order valence-electron chi connectivity index (χ0n) is 19.4. The minimum absolute atomic E-state index is 0.0666. The number of esters is 2. The monoisotopic (exact) mass is 516 g/mol. The minimum atomic E-state index is -0.661. The number of hydrogen-bond donors (Lipinski definition) is 1. The smallest absolute Gasteiger partial charge is 0.338 e. The molecule has 0 radical (unpaired) electrons. The SMILES string of the molecule is CCN(Cc1cc(C(=O)OCC(OC(C)=O)c2ccccc2)cc(Br)c1N)C1CCCCC1. The third kappa shape index (κ3) is 7.05. The number of benzene rings is 2. The van der Waals surface area contributed by atoms with Gasteiger partial charge in [0.2, 0.25) is 0 Å². The van der Waals surface area contributed by atoms with Gasteiger partial charge >= 0.3 is 11.9 Å². The molecule has 1 aliphatic carbocycles. The van der Waals surface area contributed by atoms with Gasteiger partial charge in [-0.1, -0.05) is 56.5 Å². The molecule has 0 bridgehead atoms. The molecule has 1 saturated carbocycles. The molecule has 2 N–H and O–H groups in total. The average Bonchev–Trinajstić information content (AvgIpc) is 2.83. The highest BCUT2D eigenvalue weighted by Gasteiger charge is 2.23. The number of rotatable bonds is 9. The van der Waals surface area contributed by atoms with Crippen molar-refractivity contribution in [1.82, 2.24) is 4.90 Å². The Morgan fingerprint density at radius 1 is 1.15 bits per heavy atom. The van der Waals surface area contributed by atoms with E-state index in [-0.39, 0.29) is 6.61 Å². The van der Waals surface area contributed by atoms with E-state index in [0.29, 0.717) is 28.3 Å². The summed E-state index contributed by atoms with van der Waals surface area (Å²) in [7, 11) is 0. The quantitative estimate of drug-likeness (QED) is 0.342. The number of nitrogen functional groups attached to an aromatic ring is 1. The van der Waals surface area contributed by atoms with Crippen LogP contribution in [0, 0.1) is 0 Å². The van der Waals surface area contributed by atoms with Crippen LogP contribution in [0.5, 0.6) is 0 Å². The maximum atomic E-state index is 12.9. The van der Waals surface area contributed by atoms with Gasteiger partial charge in [-0.2, -0.15) is 0 Å². The summed E-state index contributed by atoms with van der Waals surface area (Å²) in [6, 6.07) is 13.3. The molecule has 2 aromatic rings. The first-order valence-corrected chi connectivity index (χ1v) is 12.4. The van der Waals surface area contributed by atoms with E-state index in [1.54, 1.807) is 6.07 Å². The number of ether oxygens (including phenoxy) is 2. The molecule has 6 nitrogen and oxygen atoms in total. The van der Waals surface area contributed by atoms with Crippen LogP contribution in [0.25, 0.3) is 0 Å². The summed E-state index contributed by atoms with van der Waals surface area (Å²) in [6.07, 6.45) is 5.57. The van der Waals surface area contributed by atoms with Crippen LogP contribution in [-0.4, -0.2) is 36.0 Å². The lowest BCUT2D eigenvalue weighted by molar-refractivity contribution is -0.149. The first-order valence-electron chi connectivity index (χ1n) is 11.6. The average molecular weight is 517 g/mol. The highest BCUT2D eigenvalue weighted by atomic mass is 79.9. The molecule has 1 unspecified atom stereocenters. The molecular weight excluding hydrogens is 484 g/mol. The van der Waals surface area contributed by atoms with E-state index in [4.69, 9.17) is 15.2 Å². The topological polar surface area (TPSA) is 81.9 Å². The molecule has 1 fully saturated rings. The molecule has 0 amide bonds. The van der Waals surface area contributed by atoms with Crippen LogP contribution in [0.15, 0.2) is 46.9 Å². The van der Waals surface area contributed by atoms with Gasteiger partial charge in [-0.3, -0.25) is 9.69 Å². The zero-order valence-corrected chi connectivity index (χ0v) is 21.0. The van der Waals surface area contributed by atoms with Crippen LogP contribution in [0.1, 0.15) is 73.5 Å². The second-order valence-corrected chi connectivity index (χ2v) is 9.35. The largest absolute Gasteiger partial charge is 0.458 e. The van der Waals surface area contributed by atoms with E-state index in [1.165, 1.54) is 39.0 Å². The summed E-state index contributed by atoms with van der Waals surface area (Å²) in [5.74, 6) is -0.912. The van der Waals surface area contributed by atoms with E-state index >= 15 is 0 Å². The van der Waals surface area contributed by atoms with Gasteiger partial charge in [-0.25, -0.2) is 4.79 Å². The summed E-state index contributed by atoms with van der Waals surface area (Å²) >= 11 is 3.50. The first-order chi connectivity index (χ1) is 15.9. The fourth-order valence-electron chi connectivity index (χ4n) is 4.39. The number of anilines is 1. The molecule has 3 rings (SSSR count). The third-order valence-corrected chi connectivity index (χ3v) is 6.82. The summed E-state index contributed by atoms with van der Waals surface area (Å²) in [4.78, 5) is 26.9. The first kappa shape index (κ1) is 25.2. The Kier molecular flexibility index (Phi) is 9.32. The summed E-state index contributed by atoms with van der Waals surface area (Å²) in [6.45, 7) is 5.05.